The Bertz CT molecular complexity index is 1150. The molecule has 0 aromatic carbocycles. The van der Waals surface area contributed by atoms with Crippen LogP contribution in [-0.2, 0) is 23.9 Å². The van der Waals surface area contributed by atoms with Gasteiger partial charge in [0.2, 0.25) is 5.91 Å². The summed E-state index contributed by atoms with van der Waals surface area (Å²) in [5.41, 5.74) is -0.463. The number of amides is 2. The van der Waals surface area contributed by atoms with Crippen LogP contribution in [0.25, 0.3) is 11.2 Å². The molecule has 0 saturated carbocycles. The number of ether oxygens (including phenoxy) is 1. The number of nitrogens with zero attached hydrogens (tertiary/aromatic N) is 3. The number of carbonyl (C=O) groups is 4. The van der Waals surface area contributed by atoms with Crippen molar-refractivity contribution < 1.29 is 44.3 Å². The summed E-state index contributed by atoms with van der Waals surface area (Å²) >= 11 is 0. The van der Waals surface area contributed by atoms with Crippen molar-refractivity contribution in [2.24, 2.45) is 0 Å². The predicted molar refractivity (Wildman–Crippen MR) is 108 cm³/mol. The minimum absolute atomic E-state index is 0.0209. The highest BCUT2D eigenvalue weighted by Crippen LogP contribution is 2.31. The first kappa shape index (κ1) is 24.7. The normalized spacial score (nSPS) is 22.9. The summed E-state index contributed by atoms with van der Waals surface area (Å²) in [4.78, 5) is 67.9. The number of aromatic nitrogens is 4. The zero-order valence-corrected chi connectivity index (χ0v) is 17.4. The highest BCUT2D eigenvalue weighted by atomic mass is 16.6. The van der Waals surface area contributed by atoms with E-state index in [1.165, 1.54) is 10.9 Å². The molecule has 16 heteroatoms. The van der Waals surface area contributed by atoms with Crippen LogP contribution in [0.4, 0.5) is 0 Å². The molecular weight excluding hydrogens is 460 g/mol. The number of aliphatic hydroxyl groups excluding tert-OH is 2. The molecule has 0 aliphatic carbocycles. The number of imidazole rings is 1. The van der Waals surface area contributed by atoms with Gasteiger partial charge in [-0.2, -0.15) is 0 Å². The van der Waals surface area contributed by atoms with Gasteiger partial charge in [-0.05, 0) is 6.42 Å². The Morgan fingerprint density at radius 3 is 2.59 bits per heavy atom. The lowest BCUT2D eigenvalue weighted by atomic mass is 10.1. The molecule has 3 heterocycles. The van der Waals surface area contributed by atoms with Gasteiger partial charge in [0.15, 0.2) is 23.5 Å². The fourth-order valence-corrected chi connectivity index (χ4v) is 3.36. The summed E-state index contributed by atoms with van der Waals surface area (Å²) in [6, 6.07) is -1.58. The number of carboxylic acid groups (broad SMARTS) is 2. The molecule has 1 aliphatic rings. The molecule has 16 nitrogen and oxygen atoms in total. The third kappa shape index (κ3) is 5.36. The van der Waals surface area contributed by atoms with Crippen LogP contribution in [0.5, 0.6) is 0 Å². The summed E-state index contributed by atoms with van der Waals surface area (Å²) < 4.78 is 6.71. The second-order valence-corrected chi connectivity index (χ2v) is 7.43. The number of hydrogen-bond acceptors (Lipinski definition) is 10. The van der Waals surface area contributed by atoms with E-state index in [9.17, 15) is 34.2 Å². The molecule has 184 valence electrons. The van der Waals surface area contributed by atoms with Crippen molar-refractivity contribution in [2.45, 2.75) is 49.8 Å². The SMILES string of the molecule is O=C(O)CC(NC(=O)CCCNC(=O)[C@H]1O[C@@H](n2cnc3c(=O)[nH]cnc32)[C@H](O)[C@@H]1O)C(=O)O. The zero-order chi connectivity index (χ0) is 25.0. The van der Waals surface area contributed by atoms with Crippen LogP contribution in [0, 0.1) is 0 Å². The number of H-pyrrole nitrogens is 1. The van der Waals surface area contributed by atoms with Crippen molar-refractivity contribution in [3.8, 4) is 0 Å². The van der Waals surface area contributed by atoms with Crippen molar-refractivity contribution in [1.29, 1.82) is 0 Å². The van der Waals surface area contributed by atoms with Crippen LogP contribution in [0.1, 0.15) is 25.5 Å². The summed E-state index contributed by atoms with van der Waals surface area (Å²) in [5.74, 6) is -4.37. The van der Waals surface area contributed by atoms with Gasteiger partial charge in [-0.25, -0.2) is 14.8 Å². The summed E-state index contributed by atoms with van der Waals surface area (Å²) in [7, 11) is 0. The van der Waals surface area contributed by atoms with Gasteiger partial charge in [0, 0.05) is 13.0 Å². The molecule has 7 N–H and O–H groups in total. The standard InChI is InChI=1S/C18H22N6O10/c25-8(23-7(18(32)33)4-9(26)27)2-1-3-19-16(31)13-11(28)12(29)17(34-13)24-6-22-10-14(24)20-5-21-15(10)30/h5-7,11-13,17,28-29H,1-4H2,(H,19,31)(H,23,25)(H,26,27)(H,32,33)(H,20,21,30)/t7?,11-,12+,13-,17+/m0/s1. The van der Waals surface area contributed by atoms with Crippen molar-refractivity contribution in [3.63, 3.8) is 0 Å². The number of aliphatic hydroxyl groups is 2. The number of rotatable bonds is 10. The van der Waals surface area contributed by atoms with E-state index in [4.69, 9.17) is 14.9 Å². The first-order valence-corrected chi connectivity index (χ1v) is 10.0. The molecule has 2 amide bonds. The van der Waals surface area contributed by atoms with Gasteiger partial charge >= 0.3 is 11.9 Å². The fraction of sp³-hybridized carbons (Fsp3) is 0.500. The molecule has 2 aromatic rings. The predicted octanol–water partition coefficient (Wildman–Crippen LogP) is -3.32. The van der Waals surface area contributed by atoms with E-state index in [0.717, 1.165) is 6.33 Å². The van der Waals surface area contributed by atoms with Gasteiger partial charge in [-0.1, -0.05) is 0 Å². The van der Waals surface area contributed by atoms with Gasteiger partial charge in [0.25, 0.3) is 11.5 Å². The third-order valence-electron chi connectivity index (χ3n) is 5.03. The van der Waals surface area contributed by atoms with E-state index in [2.05, 4.69) is 25.6 Å². The Kier molecular flexibility index (Phi) is 7.54. The maximum atomic E-state index is 12.4. The molecule has 1 unspecified atom stereocenters. The van der Waals surface area contributed by atoms with Crippen LogP contribution in [0.2, 0.25) is 0 Å². The Balaban J connectivity index is 1.52. The lowest BCUT2D eigenvalue weighted by Gasteiger charge is -2.16. The number of carbonyl (C=O) groups excluding carboxylic acids is 2. The van der Waals surface area contributed by atoms with E-state index < -0.39 is 66.3 Å². The number of carboxylic acids is 2. The van der Waals surface area contributed by atoms with Crippen LogP contribution in [-0.4, -0.2) is 94.6 Å². The van der Waals surface area contributed by atoms with E-state index in [1.54, 1.807) is 0 Å². The average molecular weight is 482 g/mol. The molecule has 34 heavy (non-hydrogen) atoms. The fourth-order valence-electron chi connectivity index (χ4n) is 3.36. The minimum atomic E-state index is -1.61. The first-order valence-electron chi connectivity index (χ1n) is 10.0. The second-order valence-electron chi connectivity index (χ2n) is 7.43. The van der Waals surface area contributed by atoms with Crippen LogP contribution in [0.15, 0.2) is 17.4 Å². The van der Waals surface area contributed by atoms with Gasteiger partial charge in [0.05, 0.1) is 19.1 Å². The van der Waals surface area contributed by atoms with Crippen molar-refractivity contribution >= 4 is 34.9 Å². The quantitative estimate of drug-likeness (QED) is 0.164. The second kappa shape index (κ2) is 10.4. The maximum absolute atomic E-state index is 12.4. The number of nitrogens with one attached hydrogen (secondary N) is 3. The largest absolute Gasteiger partial charge is 0.481 e. The maximum Gasteiger partial charge on any atom is 0.326 e. The van der Waals surface area contributed by atoms with Crippen LogP contribution in [0.3, 0.4) is 0 Å². The number of hydrogen-bond donors (Lipinski definition) is 7. The highest BCUT2D eigenvalue weighted by molar-refractivity contribution is 5.87. The number of fused-ring (bicyclic) bond motifs is 1. The van der Waals surface area contributed by atoms with Gasteiger partial charge in [-0.3, -0.25) is 23.7 Å². The highest BCUT2D eigenvalue weighted by Gasteiger charge is 2.47. The summed E-state index contributed by atoms with van der Waals surface area (Å²) in [6.07, 6.45) is -4.48. The number of aliphatic carboxylic acids is 2. The lowest BCUT2D eigenvalue weighted by molar-refractivity contribution is -0.147. The Morgan fingerprint density at radius 1 is 1.18 bits per heavy atom. The Hall–Kier alpha value is -3.89. The molecule has 1 fully saturated rings. The number of aromatic amines is 1. The molecule has 1 aliphatic heterocycles. The van der Waals surface area contributed by atoms with E-state index >= 15 is 0 Å². The van der Waals surface area contributed by atoms with Crippen molar-refractivity contribution in [2.75, 3.05) is 6.54 Å². The lowest BCUT2D eigenvalue weighted by Crippen LogP contribution is -2.44. The van der Waals surface area contributed by atoms with Crippen molar-refractivity contribution in [3.05, 3.63) is 23.0 Å². The van der Waals surface area contributed by atoms with Crippen LogP contribution < -0.4 is 16.2 Å². The smallest absolute Gasteiger partial charge is 0.326 e. The summed E-state index contributed by atoms with van der Waals surface area (Å²) in [6.45, 7) is -0.0544. The van der Waals surface area contributed by atoms with Gasteiger partial charge in [0.1, 0.15) is 18.2 Å². The topological polar surface area (TPSA) is 246 Å². The molecule has 0 radical (unpaired) electrons. The molecular formula is C18H22N6O10. The van der Waals surface area contributed by atoms with Gasteiger partial charge < -0.3 is 40.8 Å². The average Bonchev–Trinajstić information content (AvgIpc) is 3.32. The molecule has 2 aromatic heterocycles. The van der Waals surface area contributed by atoms with E-state index in [0.29, 0.717) is 0 Å². The van der Waals surface area contributed by atoms with E-state index in [-0.39, 0.29) is 30.6 Å². The van der Waals surface area contributed by atoms with E-state index in [1.807, 2.05) is 0 Å². The monoisotopic (exact) mass is 482 g/mol. The Morgan fingerprint density at radius 2 is 1.91 bits per heavy atom. The molecule has 5 atom stereocenters. The molecule has 1 saturated heterocycles. The zero-order valence-electron chi connectivity index (χ0n) is 17.4. The van der Waals surface area contributed by atoms with Crippen molar-refractivity contribution in [1.82, 2.24) is 30.2 Å². The van der Waals surface area contributed by atoms with Gasteiger partial charge in [-0.15, -0.1) is 0 Å². The Labute approximate surface area is 189 Å². The molecule has 0 spiro atoms. The summed E-state index contributed by atoms with van der Waals surface area (Å²) in [5, 5.41) is 42.7. The molecule has 0 bridgehead atoms. The first-order chi connectivity index (χ1) is 16.1. The third-order valence-corrected chi connectivity index (χ3v) is 5.03. The molecule has 3 rings (SSSR count). The minimum Gasteiger partial charge on any atom is -0.481 e. The van der Waals surface area contributed by atoms with Crippen LogP contribution >= 0.6 is 0 Å².